The summed E-state index contributed by atoms with van der Waals surface area (Å²) in [4.78, 5) is 39.6. The molecule has 1 atom stereocenters. The van der Waals surface area contributed by atoms with Crippen LogP contribution in [-0.4, -0.2) is 32.9 Å². The third kappa shape index (κ3) is 4.07. The highest BCUT2D eigenvalue weighted by atomic mass is 32.1. The van der Waals surface area contributed by atoms with E-state index >= 15 is 0 Å². The first-order valence-electron chi connectivity index (χ1n) is 11.3. The standard InChI is InChI=1S/C25H25N5O3S/c1-15-6-8-16(9-7-15)13-26-21(31)22-29-28-20(34-22)14-30-23(32)25(2,27-24(30)33)19-11-10-17-4-3-5-18(17)12-19/h6-12H,3-5,13-14H2,1-2H3,(H,26,31)(H,27,33)/t25-/m1/s1. The van der Waals surface area contributed by atoms with Crippen molar-refractivity contribution in [2.45, 2.75) is 51.7 Å². The lowest BCUT2D eigenvalue weighted by Gasteiger charge is -2.23. The number of nitrogens with one attached hydrogen (secondary N) is 2. The van der Waals surface area contributed by atoms with E-state index in [0.717, 1.165) is 52.2 Å². The average molecular weight is 476 g/mol. The number of rotatable bonds is 6. The Hall–Kier alpha value is -3.59. The van der Waals surface area contributed by atoms with Gasteiger partial charge in [-0.2, -0.15) is 0 Å². The lowest BCUT2D eigenvalue weighted by molar-refractivity contribution is -0.131. The van der Waals surface area contributed by atoms with E-state index in [1.807, 2.05) is 43.3 Å². The van der Waals surface area contributed by atoms with Crippen LogP contribution in [-0.2, 0) is 36.3 Å². The van der Waals surface area contributed by atoms with E-state index in [0.29, 0.717) is 11.6 Å². The molecule has 1 aliphatic heterocycles. The second-order valence-electron chi connectivity index (χ2n) is 8.95. The third-order valence-corrected chi connectivity index (χ3v) is 7.39. The zero-order chi connectivity index (χ0) is 23.9. The number of urea groups is 1. The van der Waals surface area contributed by atoms with Gasteiger partial charge >= 0.3 is 6.03 Å². The van der Waals surface area contributed by atoms with E-state index in [4.69, 9.17) is 0 Å². The molecule has 0 unspecified atom stereocenters. The summed E-state index contributed by atoms with van der Waals surface area (Å²) in [5, 5.41) is 14.3. The zero-order valence-electron chi connectivity index (χ0n) is 19.1. The Labute approximate surface area is 201 Å². The van der Waals surface area contributed by atoms with Crippen LogP contribution in [0.3, 0.4) is 0 Å². The minimum absolute atomic E-state index is 0.0336. The quantitative estimate of drug-likeness (QED) is 0.533. The molecule has 0 radical (unpaired) electrons. The molecule has 1 saturated heterocycles. The molecule has 9 heteroatoms. The highest BCUT2D eigenvalue weighted by molar-refractivity contribution is 7.13. The summed E-state index contributed by atoms with van der Waals surface area (Å²) in [5.74, 6) is -0.680. The van der Waals surface area contributed by atoms with Gasteiger partial charge in [0.15, 0.2) is 0 Å². The molecule has 1 aliphatic carbocycles. The summed E-state index contributed by atoms with van der Waals surface area (Å²) in [6.45, 7) is 4.08. The highest BCUT2D eigenvalue weighted by Crippen LogP contribution is 2.33. The molecular formula is C25H25N5O3S. The molecule has 2 N–H and O–H groups in total. The van der Waals surface area contributed by atoms with Crippen LogP contribution in [0.1, 0.15) is 56.0 Å². The SMILES string of the molecule is Cc1ccc(CNC(=O)c2nnc(CN3C(=O)N[C@](C)(c4ccc5c(c4)CCC5)C3=O)s2)cc1. The van der Waals surface area contributed by atoms with Crippen molar-refractivity contribution in [1.29, 1.82) is 0 Å². The van der Waals surface area contributed by atoms with Crippen molar-refractivity contribution >= 4 is 29.2 Å². The summed E-state index contributed by atoms with van der Waals surface area (Å²) in [6.07, 6.45) is 3.15. The van der Waals surface area contributed by atoms with Gasteiger partial charge in [0, 0.05) is 6.54 Å². The van der Waals surface area contributed by atoms with Crippen LogP contribution in [0, 0.1) is 6.92 Å². The van der Waals surface area contributed by atoms with E-state index in [-0.39, 0.29) is 23.4 Å². The summed E-state index contributed by atoms with van der Waals surface area (Å²) >= 11 is 1.07. The molecule has 1 fully saturated rings. The number of carbonyl (C=O) groups is 3. The van der Waals surface area contributed by atoms with E-state index in [9.17, 15) is 14.4 Å². The van der Waals surface area contributed by atoms with Gasteiger partial charge in [-0.1, -0.05) is 59.4 Å². The minimum atomic E-state index is -1.13. The van der Waals surface area contributed by atoms with Gasteiger partial charge in [0.05, 0.1) is 6.54 Å². The number of carbonyl (C=O) groups excluding carboxylic acids is 3. The summed E-state index contributed by atoms with van der Waals surface area (Å²) < 4.78 is 0. The number of benzene rings is 2. The fraction of sp³-hybridized carbons (Fsp3) is 0.320. The molecule has 174 valence electrons. The molecule has 2 heterocycles. The van der Waals surface area contributed by atoms with Gasteiger partial charge in [-0.3, -0.25) is 14.5 Å². The summed E-state index contributed by atoms with van der Waals surface area (Å²) in [7, 11) is 0. The first kappa shape index (κ1) is 22.2. The maximum atomic E-state index is 13.3. The second-order valence-corrected chi connectivity index (χ2v) is 10.0. The first-order valence-corrected chi connectivity index (χ1v) is 12.1. The average Bonchev–Trinajstić information content (AvgIpc) is 3.54. The van der Waals surface area contributed by atoms with Crippen LogP contribution in [0.4, 0.5) is 4.79 Å². The molecular weight excluding hydrogens is 450 g/mol. The number of imide groups is 1. The molecule has 8 nitrogen and oxygen atoms in total. The van der Waals surface area contributed by atoms with Crippen molar-refractivity contribution in [3.63, 3.8) is 0 Å². The molecule has 34 heavy (non-hydrogen) atoms. The molecule has 5 rings (SSSR count). The minimum Gasteiger partial charge on any atom is -0.346 e. The number of hydrogen-bond donors (Lipinski definition) is 2. The normalized spacial score (nSPS) is 19.3. The van der Waals surface area contributed by atoms with Crippen molar-refractivity contribution in [2.24, 2.45) is 0 Å². The lowest BCUT2D eigenvalue weighted by atomic mass is 9.90. The van der Waals surface area contributed by atoms with Crippen molar-refractivity contribution < 1.29 is 14.4 Å². The van der Waals surface area contributed by atoms with Crippen molar-refractivity contribution in [3.05, 3.63) is 80.3 Å². The Bertz CT molecular complexity index is 1290. The largest absolute Gasteiger partial charge is 0.346 e. The molecule has 2 aliphatic rings. The number of fused-ring (bicyclic) bond motifs is 1. The second kappa shape index (κ2) is 8.64. The molecule has 1 aromatic heterocycles. The number of aromatic nitrogens is 2. The number of nitrogens with zero attached hydrogens (tertiary/aromatic N) is 3. The Balaban J connectivity index is 1.26. The zero-order valence-corrected chi connectivity index (χ0v) is 19.9. The van der Waals surface area contributed by atoms with Gasteiger partial charge in [-0.05, 0) is 55.4 Å². The molecule has 4 amide bonds. The van der Waals surface area contributed by atoms with E-state index < -0.39 is 11.6 Å². The van der Waals surface area contributed by atoms with Crippen LogP contribution in [0.2, 0.25) is 0 Å². The van der Waals surface area contributed by atoms with Crippen LogP contribution in [0.25, 0.3) is 0 Å². The van der Waals surface area contributed by atoms with Crippen molar-refractivity contribution in [2.75, 3.05) is 0 Å². The van der Waals surface area contributed by atoms with E-state index in [1.54, 1.807) is 6.92 Å². The predicted molar refractivity (Wildman–Crippen MR) is 127 cm³/mol. The fourth-order valence-electron chi connectivity index (χ4n) is 4.43. The topological polar surface area (TPSA) is 104 Å². The van der Waals surface area contributed by atoms with Crippen LogP contribution in [0.5, 0.6) is 0 Å². The Morgan fingerprint density at radius 1 is 1.12 bits per heavy atom. The lowest BCUT2D eigenvalue weighted by Crippen LogP contribution is -2.40. The van der Waals surface area contributed by atoms with Crippen molar-refractivity contribution in [3.8, 4) is 0 Å². The molecule has 0 saturated carbocycles. The van der Waals surface area contributed by atoms with Gasteiger partial charge in [-0.25, -0.2) is 4.79 Å². The third-order valence-electron chi connectivity index (χ3n) is 6.48. The molecule has 3 aromatic rings. The van der Waals surface area contributed by atoms with Crippen LogP contribution in [0.15, 0.2) is 42.5 Å². The Kier molecular flexibility index (Phi) is 5.65. The van der Waals surface area contributed by atoms with Crippen LogP contribution < -0.4 is 10.6 Å². The van der Waals surface area contributed by atoms with Gasteiger partial charge in [-0.15, -0.1) is 10.2 Å². The monoisotopic (exact) mass is 475 g/mol. The van der Waals surface area contributed by atoms with Gasteiger partial charge in [0.1, 0.15) is 10.5 Å². The van der Waals surface area contributed by atoms with Gasteiger partial charge in [0.2, 0.25) is 5.01 Å². The van der Waals surface area contributed by atoms with E-state index in [2.05, 4.69) is 26.9 Å². The van der Waals surface area contributed by atoms with Crippen LogP contribution >= 0.6 is 11.3 Å². The summed E-state index contributed by atoms with van der Waals surface area (Å²) in [5.41, 5.74) is 4.33. The summed E-state index contributed by atoms with van der Waals surface area (Å²) in [6, 6.07) is 13.4. The maximum absolute atomic E-state index is 13.3. The smallest absolute Gasteiger partial charge is 0.325 e. The number of aryl methyl sites for hydroxylation is 3. The fourth-order valence-corrected chi connectivity index (χ4v) is 5.17. The highest BCUT2D eigenvalue weighted by Gasteiger charge is 2.49. The molecule has 0 bridgehead atoms. The Morgan fingerprint density at radius 3 is 2.68 bits per heavy atom. The molecule has 2 aromatic carbocycles. The number of amides is 4. The maximum Gasteiger partial charge on any atom is 0.325 e. The van der Waals surface area contributed by atoms with Gasteiger partial charge < -0.3 is 10.6 Å². The van der Waals surface area contributed by atoms with Crippen molar-refractivity contribution in [1.82, 2.24) is 25.7 Å². The van der Waals surface area contributed by atoms with Gasteiger partial charge in [0.25, 0.3) is 11.8 Å². The number of hydrogen-bond acceptors (Lipinski definition) is 6. The first-order chi connectivity index (χ1) is 16.3. The predicted octanol–water partition coefficient (Wildman–Crippen LogP) is 3.23. The van der Waals surface area contributed by atoms with E-state index in [1.165, 1.54) is 11.1 Å². The molecule has 0 spiro atoms. The Morgan fingerprint density at radius 2 is 1.88 bits per heavy atom.